The normalized spacial score (nSPS) is 13.0. The van der Waals surface area contributed by atoms with Gasteiger partial charge in [0, 0.05) is 68.4 Å². The molecule has 0 unspecified atom stereocenters. The van der Waals surface area contributed by atoms with Crippen LogP contribution >= 0.6 is 11.8 Å². The summed E-state index contributed by atoms with van der Waals surface area (Å²) in [5.41, 5.74) is 10.6. The molecule has 344 valence electrons. The van der Waals surface area contributed by atoms with Crippen molar-refractivity contribution in [2.45, 2.75) is 37.5 Å². The summed E-state index contributed by atoms with van der Waals surface area (Å²) in [6.45, 7) is 4.44. The number of para-hydroxylation sites is 2. The average Bonchev–Trinajstić information content (AvgIpc) is 3.97. The first-order valence-electron chi connectivity index (χ1n) is 21.4. The van der Waals surface area contributed by atoms with E-state index in [1.807, 2.05) is 42.5 Å². The largest absolute Gasteiger partial charge is 0.489 e. The minimum absolute atomic E-state index is 0.0335. The molecule has 0 radical (unpaired) electrons. The number of fused-ring (bicyclic) bond motifs is 2. The number of aromatic amines is 1. The third kappa shape index (κ3) is 13.1. The number of likely N-dealkylation sites (N-methyl/N-ethyl adjacent to an activating group) is 1. The lowest BCUT2D eigenvalue weighted by Crippen LogP contribution is -2.49. The lowest BCUT2D eigenvalue weighted by Gasteiger charge is -2.19. The Morgan fingerprint density at radius 1 is 0.910 bits per heavy atom. The summed E-state index contributed by atoms with van der Waals surface area (Å²) < 4.78 is 13.0. The van der Waals surface area contributed by atoms with E-state index in [0.717, 1.165) is 23.3 Å². The van der Waals surface area contributed by atoms with Gasteiger partial charge < -0.3 is 41.4 Å². The number of carbonyl (C=O) groups is 4. The molecule has 20 nitrogen and oxygen atoms in total. The first-order valence-corrected chi connectivity index (χ1v) is 22.4. The van der Waals surface area contributed by atoms with Gasteiger partial charge in [0.05, 0.1) is 25.4 Å². The molecule has 7 N–H and O–H groups in total. The Balaban J connectivity index is 0.770. The highest BCUT2D eigenvalue weighted by Crippen LogP contribution is 2.30. The second kappa shape index (κ2) is 23.4. The summed E-state index contributed by atoms with van der Waals surface area (Å²) in [5.74, 6) is 11.4. The Bertz CT molecular complexity index is 2830. The molecule has 0 saturated heterocycles. The number of benzene rings is 3. The van der Waals surface area contributed by atoms with Crippen molar-refractivity contribution >= 4 is 58.1 Å². The zero-order valence-corrected chi connectivity index (χ0v) is 37.6. The topological polar surface area (TPSA) is 262 Å². The smallest absolute Gasteiger partial charge is 0.296 e. The number of nitrogens with two attached hydrogens (primary N) is 1. The summed E-state index contributed by atoms with van der Waals surface area (Å²) in [5, 5.41) is 27.3. The number of nitrogens with one attached hydrogen (secondary N) is 5. The molecule has 7 rings (SSSR count). The van der Waals surface area contributed by atoms with Crippen molar-refractivity contribution in [2.24, 2.45) is 5.73 Å². The molecule has 3 aromatic carbocycles. The van der Waals surface area contributed by atoms with E-state index in [1.54, 1.807) is 53.8 Å². The SMILES string of the molecule is CCCSc1nc(NCCN)c2nnn(Cc3ccc(C#CC(=O)NCCOCCNC(=O)C#Cc4ccc(Cc5nc(C(=O)N[C@H]6COc7ccccc7N(C)C6=O)n[nH]5)cc4)cc3)c2n1. The highest BCUT2D eigenvalue weighted by Gasteiger charge is 2.31. The van der Waals surface area contributed by atoms with Crippen molar-refractivity contribution in [1.82, 2.24) is 56.1 Å². The highest BCUT2D eigenvalue weighted by atomic mass is 32.2. The van der Waals surface area contributed by atoms with Gasteiger partial charge in [-0.2, -0.15) is 0 Å². The number of aromatic nitrogens is 8. The molecule has 0 saturated carbocycles. The van der Waals surface area contributed by atoms with Gasteiger partial charge in [0.1, 0.15) is 24.2 Å². The van der Waals surface area contributed by atoms with E-state index in [9.17, 15) is 19.2 Å². The second-order valence-electron chi connectivity index (χ2n) is 14.8. The van der Waals surface area contributed by atoms with Crippen molar-refractivity contribution in [3.63, 3.8) is 0 Å². The molecule has 4 amide bonds. The standard InChI is InChI=1S/C46H48N14O6S/c1-3-26-67-46-53-41(50-21-20-47)40-43(54-46)60(58-56-40)28-33-14-10-31(11-15-33)17-19-39(62)49-23-25-65-24-22-48-38(61)18-16-30-8-12-32(13-9-30)27-37-52-42(57-55-37)44(63)51-34-29-66-36-7-5-4-6-35(36)59(2)45(34)64/h4-15,34H,3,20-29,47H2,1-2H3,(H,48,61)(H,49,62)(H,51,63)(H,50,53,54)(H,52,55,57)/t34-/m0/s1. The molecule has 6 aromatic rings. The number of amides is 4. The van der Waals surface area contributed by atoms with Gasteiger partial charge in [0.2, 0.25) is 5.82 Å². The first-order chi connectivity index (χ1) is 32.7. The fourth-order valence-corrected chi connectivity index (χ4v) is 7.15. The number of hydrogen-bond donors (Lipinski definition) is 6. The van der Waals surface area contributed by atoms with Crippen molar-refractivity contribution in [1.29, 1.82) is 0 Å². The molecule has 4 heterocycles. The van der Waals surface area contributed by atoms with Crippen LogP contribution in [0, 0.1) is 23.7 Å². The van der Waals surface area contributed by atoms with E-state index in [1.165, 1.54) is 4.90 Å². The summed E-state index contributed by atoms with van der Waals surface area (Å²) in [7, 11) is 1.63. The van der Waals surface area contributed by atoms with Gasteiger partial charge in [-0.15, -0.1) is 10.2 Å². The van der Waals surface area contributed by atoms with Crippen LogP contribution in [0.15, 0.2) is 78.0 Å². The zero-order valence-electron chi connectivity index (χ0n) is 36.8. The van der Waals surface area contributed by atoms with Gasteiger partial charge in [0.15, 0.2) is 22.1 Å². The Labute approximate surface area is 390 Å². The predicted octanol–water partition coefficient (Wildman–Crippen LogP) is 1.66. The monoisotopic (exact) mass is 924 g/mol. The maximum Gasteiger partial charge on any atom is 0.296 e. The molecule has 0 spiro atoms. The van der Waals surface area contributed by atoms with Crippen LogP contribution in [0.3, 0.4) is 0 Å². The van der Waals surface area contributed by atoms with Gasteiger partial charge >= 0.3 is 0 Å². The molecular formula is C46H48N14O6S. The fraction of sp³-hybridized carbons (Fsp3) is 0.304. The van der Waals surface area contributed by atoms with Crippen LogP contribution in [0.2, 0.25) is 0 Å². The van der Waals surface area contributed by atoms with Crippen molar-refractivity contribution in [3.8, 4) is 29.4 Å². The van der Waals surface area contributed by atoms with E-state index >= 15 is 0 Å². The molecule has 1 aliphatic heterocycles. The number of carbonyl (C=O) groups excluding carboxylic acids is 4. The number of nitrogens with zero attached hydrogens (tertiary/aromatic N) is 8. The van der Waals surface area contributed by atoms with E-state index in [2.05, 4.69) is 82.4 Å². The number of ether oxygens (including phenoxy) is 2. The highest BCUT2D eigenvalue weighted by molar-refractivity contribution is 7.99. The molecule has 21 heteroatoms. The maximum absolute atomic E-state index is 13.0. The molecule has 3 aromatic heterocycles. The summed E-state index contributed by atoms with van der Waals surface area (Å²) in [6.07, 6.45) is 1.34. The summed E-state index contributed by atoms with van der Waals surface area (Å²) in [6, 6.07) is 20.9. The van der Waals surface area contributed by atoms with Gasteiger partial charge in [0.25, 0.3) is 23.6 Å². The van der Waals surface area contributed by atoms with Crippen molar-refractivity contribution in [3.05, 3.63) is 107 Å². The van der Waals surface area contributed by atoms with Crippen LogP contribution in [0.5, 0.6) is 5.75 Å². The van der Waals surface area contributed by atoms with Gasteiger partial charge in [-0.05, 0) is 53.9 Å². The van der Waals surface area contributed by atoms with E-state index in [4.69, 9.17) is 20.2 Å². The Morgan fingerprint density at radius 2 is 1.60 bits per heavy atom. The van der Waals surface area contributed by atoms with Crippen molar-refractivity contribution in [2.75, 3.05) is 69.0 Å². The lowest BCUT2D eigenvalue weighted by atomic mass is 10.1. The summed E-state index contributed by atoms with van der Waals surface area (Å²) in [4.78, 5) is 65.6. The van der Waals surface area contributed by atoms with Crippen LogP contribution < -0.4 is 36.6 Å². The molecule has 1 atom stereocenters. The van der Waals surface area contributed by atoms with Crippen LogP contribution in [0.1, 0.15) is 52.0 Å². The van der Waals surface area contributed by atoms with E-state index in [-0.39, 0.29) is 44.6 Å². The Morgan fingerprint density at radius 3 is 2.28 bits per heavy atom. The van der Waals surface area contributed by atoms with Gasteiger partial charge in [-0.25, -0.2) is 19.6 Å². The summed E-state index contributed by atoms with van der Waals surface area (Å²) >= 11 is 1.57. The van der Waals surface area contributed by atoms with Gasteiger partial charge in [-0.1, -0.05) is 72.1 Å². The third-order valence-corrected chi connectivity index (χ3v) is 10.9. The molecule has 0 fully saturated rings. The van der Waals surface area contributed by atoms with Crippen LogP contribution in [0.25, 0.3) is 11.2 Å². The average molecular weight is 925 g/mol. The van der Waals surface area contributed by atoms with Crippen LogP contribution in [0.4, 0.5) is 11.5 Å². The molecule has 67 heavy (non-hydrogen) atoms. The number of rotatable bonds is 18. The maximum atomic E-state index is 13.0. The minimum Gasteiger partial charge on any atom is -0.489 e. The molecule has 1 aliphatic rings. The van der Waals surface area contributed by atoms with Gasteiger partial charge in [-0.3, -0.25) is 24.3 Å². The zero-order chi connectivity index (χ0) is 47.0. The van der Waals surface area contributed by atoms with E-state index in [0.29, 0.717) is 76.6 Å². The van der Waals surface area contributed by atoms with Crippen LogP contribution in [-0.4, -0.2) is 129 Å². The first kappa shape index (κ1) is 47.1. The number of thioether (sulfide) groups is 1. The number of hydrogen-bond acceptors (Lipinski definition) is 15. The number of anilines is 2. The number of H-pyrrole nitrogens is 1. The quantitative estimate of drug-likeness (QED) is 0.0310. The predicted molar refractivity (Wildman–Crippen MR) is 250 cm³/mol. The fourth-order valence-electron chi connectivity index (χ4n) is 6.46. The Kier molecular flexibility index (Phi) is 16.4. The third-order valence-electron chi connectivity index (χ3n) is 9.83. The molecule has 0 aliphatic carbocycles. The van der Waals surface area contributed by atoms with Crippen LogP contribution in [-0.2, 0) is 32.1 Å². The lowest BCUT2D eigenvalue weighted by molar-refractivity contribution is -0.120. The molecule has 0 bridgehead atoms. The molecular weight excluding hydrogens is 877 g/mol. The Hall–Kier alpha value is -7.85. The van der Waals surface area contributed by atoms with E-state index < -0.39 is 23.8 Å². The minimum atomic E-state index is -0.922. The van der Waals surface area contributed by atoms with Crippen molar-refractivity contribution < 1.29 is 28.7 Å². The second-order valence-corrected chi connectivity index (χ2v) is 15.9.